The first-order valence-electron chi connectivity index (χ1n) is 5.51. The standard InChI is InChI=1S/C11H13F2NO2S2/c1-7-6-14(3-5-17-7)10(15)9-8(2-4-18-9)16-11(12)13/h2,4,7,11H,3,5-6H2,1H3. The Morgan fingerprint density at radius 1 is 1.61 bits per heavy atom. The predicted molar refractivity (Wildman–Crippen MR) is 68.8 cm³/mol. The van der Waals surface area contributed by atoms with Crippen molar-refractivity contribution in [2.45, 2.75) is 18.8 Å². The molecule has 2 rings (SSSR count). The molecule has 1 amide bonds. The highest BCUT2D eigenvalue weighted by atomic mass is 32.2. The molecule has 0 saturated carbocycles. The lowest BCUT2D eigenvalue weighted by Gasteiger charge is -2.30. The molecule has 3 nitrogen and oxygen atoms in total. The first-order valence-corrected chi connectivity index (χ1v) is 7.44. The molecule has 1 aliphatic heterocycles. The number of carbonyl (C=O) groups is 1. The Morgan fingerprint density at radius 3 is 3.06 bits per heavy atom. The molecule has 1 atom stereocenters. The monoisotopic (exact) mass is 293 g/mol. The van der Waals surface area contributed by atoms with Gasteiger partial charge in [-0.1, -0.05) is 6.92 Å². The molecule has 0 aromatic carbocycles. The van der Waals surface area contributed by atoms with Gasteiger partial charge in [-0.25, -0.2) is 0 Å². The van der Waals surface area contributed by atoms with E-state index in [0.29, 0.717) is 18.3 Å². The number of rotatable bonds is 3. The van der Waals surface area contributed by atoms with Crippen LogP contribution in [-0.4, -0.2) is 41.5 Å². The SMILES string of the molecule is CC1CN(C(=O)c2sccc2OC(F)F)CCS1. The quantitative estimate of drug-likeness (QED) is 0.858. The zero-order valence-corrected chi connectivity index (χ0v) is 11.4. The molecule has 1 saturated heterocycles. The minimum absolute atomic E-state index is 0.0223. The van der Waals surface area contributed by atoms with Gasteiger partial charge in [-0.05, 0) is 11.4 Å². The van der Waals surface area contributed by atoms with Crippen LogP contribution >= 0.6 is 23.1 Å². The van der Waals surface area contributed by atoms with Gasteiger partial charge in [0.2, 0.25) is 0 Å². The summed E-state index contributed by atoms with van der Waals surface area (Å²) in [5.74, 6) is 0.641. The van der Waals surface area contributed by atoms with E-state index in [1.165, 1.54) is 6.07 Å². The molecule has 100 valence electrons. The fraction of sp³-hybridized carbons (Fsp3) is 0.545. The van der Waals surface area contributed by atoms with Crippen LogP contribution in [0.1, 0.15) is 16.6 Å². The maximum Gasteiger partial charge on any atom is 0.387 e. The summed E-state index contributed by atoms with van der Waals surface area (Å²) >= 11 is 2.95. The van der Waals surface area contributed by atoms with Gasteiger partial charge in [-0.2, -0.15) is 20.5 Å². The van der Waals surface area contributed by atoms with E-state index in [2.05, 4.69) is 11.7 Å². The van der Waals surface area contributed by atoms with Crippen molar-refractivity contribution in [2.75, 3.05) is 18.8 Å². The lowest BCUT2D eigenvalue weighted by Crippen LogP contribution is -2.40. The summed E-state index contributed by atoms with van der Waals surface area (Å²) in [5, 5.41) is 1.97. The van der Waals surface area contributed by atoms with E-state index < -0.39 is 6.61 Å². The van der Waals surface area contributed by atoms with Crippen LogP contribution in [0.3, 0.4) is 0 Å². The highest BCUT2D eigenvalue weighted by Gasteiger charge is 2.26. The van der Waals surface area contributed by atoms with Crippen LogP contribution in [0.4, 0.5) is 8.78 Å². The minimum Gasteiger partial charge on any atom is -0.433 e. The third-order valence-electron chi connectivity index (χ3n) is 2.57. The molecule has 18 heavy (non-hydrogen) atoms. The number of carbonyl (C=O) groups excluding carboxylic acids is 1. The van der Waals surface area contributed by atoms with Gasteiger partial charge >= 0.3 is 6.61 Å². The van der Waals surface area contributed by atoms with E-state index in [1.54, 1.807) is 10.3 Å². The summed E-state index contributed by atoms with van der Waals surface area (Å²) in [6.07, 6.45) is 0. The Kier molecular flexibility index (Phi) is 4.45. The molecule has 1 unspecified atom stereocenters. The summed E-state index contributed by atoms with van der Waals surface area (Å²) in [6.45, 7) is 0.451. The molecule has 1 aliphatic rings. The van der Waals surface area contributed by atoms with Gasteiger partial charge < -0.3 is 9.64 Å². The van der Waals surface area contributed by atoms with Crippen molar-refractivity contribution in [3.63, 3.8) is 0 Å². The van der Waals surface area contributed by atoms with Gasteiger partial charge in [-0.15, -0.1) is 11.3 Å². The highest BCUT2D eigenvalue weighted by Crippen LogP contribution is 2.29. The average Bonchev–Trinajstić information content (AvgIpc) is 2.75. The Labute approximate surface area is 112 Å². The number of nitrogens with zero attached hydrogens (tertiary/aromatic N) is 1. The van der Waals surface area contributed by atoms with Crippen LogP contribution in [0.25, 0.3) is 0 Å². The summed E-state index contributed by atoms with van der Waals surface area (Å²) in [4.78, 5) is 14.2. The van der Waals surface area contributed by atoms with Crippen LogP contribution in [0, 0.1) is 0 Å². The normalized spacial score (nSPS) is 20.2. The number of ether oxygens (including phenoxy) is 1. The summed E-state index contributed by atoms with van der Waals surface area (Å²) in [7, 11) is 0. The number of amides is 1. The lowest BCUT2D eigenvalue weighted by atomic mass is 10.3. The maximum atomic E-state index is 12.2. The van der Waals surface area contributed by atoms with Crippen molar-refractivity contribution >= 4 is 29.0 Å². The largest absolute Gasteiger partial charge is 0.433 e. The molecule has 0 spiro atoms. The van der Waals surface area contributed by atoms with Gasteiger partial charge in [-0.3, -0.25) is 4.79 Å². The smallest absolute Gasteiger partial charge is 0.387 e. The molecule has 1 aromatic rings. The first-order chi connectivity index (χ1) is 8.58. The second-order valence-electron chi connectivity index (χ2n) is 3.93. The number of hydrogen-bond donors (Lipinski definition) is 0. The Balaban J connectivity index is 2.10. The number of alkyl halides is 2. The van der Waals surface area contributed by atoms with Crippen LogP contribution in [0.15, 0.2) is 11.4 Å². The van der Waals surface area contributed by atoms with Gasteiger partial charge in [0.15, 0.2) is 0 Å². The van der Waals surface area contributed by atoms with Gasteiger partial charge in [0, 0.05) is 24.1 Å². The summed E-state index contributed by atoms with van der Waals surface area (Å²) < 4.78 is 28.7. The molecular weight excluding hydrogens is 280 g/mol. The third-order valence-corrected chi connectivity index (χ3v) is 4.59. The Hall–Kier alpha value is -0.820. The summed E-state index contributed by atoms with van der Waals surface area (Å²) in [5.41, 5.74) is 0. The number of hydrogen-bond acceptors (Lipinski definition) is 4. The second kappa shape index (κ2) is 5.88. The van der Waals surface area contributed by atoms with Crippen LogP contribution in [0.5, 0.6) is 5.75 Å². The predicted octanol–water partition coefficient (Wildman–Crippen LogP) is 2.93. The van der Waals surface area contributed by atoms with Crippen LogP contribution < -0.4 is 4.74 Å². The van der Waals surface area contributed by atoms with Crippen molar-refractivity contribution in [1.82, 2.24) is 4.90 Å². The van der Waals surface area contributed by atoms with Gasteiger partial charge in [0.05, 0.1) is 0 Å². The van der Waals surface area contributed by atoms with Crippen molar-refractivity contribution in [1.29, 1.82) is 0 Å². The van der Waals surface area contributed by atoms with Crippen molar-refractivity contribution in [2.24, 2.45) is 0 Å². The van der Waals surface area contributed by atoms with Crippen molar-refractivity contribution in [3.8, 4) is 5.75 Å². The molecule has 0 bridgehead atoms. The molecule has 2 heterocycles. The van der Waals surface area contributed by atoms with Gasteiger partial charge in [0.25, 0.3) is 5.91 Å². The average molecular weight is 293 g/mol. The topological polar surface area (TPSA) is 29.5 Å². The van der Waals surface area contributed by atoms with E-state index in [1.807, 2.05) is 11.8 Å². The number of thiophene rings is 1. The second-order valence-corrected chi connectivity index (χ2v) is 6.39. The number of halogens is 2. The zero-order valence-electron chi connectivity index (χ0n) is 9.77. The maximum absolute atomic E-state index is 12.2. The van der Waals surface area contributed by atoms with E-state index in [0.717, 1.165) is 17.1 Å². The minimum atomic E-state index is -2.90. The molecule has 0 N–H and O–H groups in total. The van der Waals surface area contributed by atoms with Crippen molar-refractivity contribution in [3.05, 3.63) is 16.3 Å². The number of thioether (sulfide) groups is 1. The summed E-state index contributed by atoms with van der Waals surface area (Å²) in [6, 6.07) is 1.41. The van der Waals surface area contributed by atoms with E-state index in [-0.39, 0.29) is 16.5 Å². The Morgan fingerprint density at radius 2 is 2.39 bits per heavy atom. The molecule has 1 aromatic heterocycles. The molecule has 0 aliphatic carbocycles. The van der Waals surface area contributed by atoms with Crippen LogP contribution in [-0.2, 0) is 0 Å². The van der Waals surface area contributed by atoms with Crippen LogP contribution in [0.2, 0.25) is 0 Å². The fourth-order valence-corrected chi connectivity index (χ4v) is 3.59. The first kappa shape index (κ1) is 13.6. The molecule has 0 radical (unpaired) electrons. The molecular formula is C11H13F2NO2S2. The molecule has 1 fully saturated rings. The van der Waals surface area contributed by atoms with E-state index >= 15 is 0 Å². The zero-order chi connectivity index (χ0) is 13.1. The fourth-order valence-electron chi connectivity index (χ4n) is 1.79. The van der Waals surface area contributed by atoms with E-state index in [4.69, 9.17) is 0 Å². The molecule has 7 heteroatoms. The van der Waals surface area contributed by atoms with Crippen molar-refractivity contribution < 1.29 is 18.3 Å². The lowest BCUT2D eigenvalue weighted by molar-refractivity contribution is -0.0499. The highest BCUT2D eigenvalue weighted by molar-refractivity contribution is 7.99. The third kappa shape index (κ3) is 3.14. The van der Waals surface area contributed by atoms with Gasteiger partial charge in [0.1, 0.15) is 10.6 Å². The van der Waals surface area contributed by atoms with E-state index in [9.17, 15) is 13.6 Å². The Bertz CT molecular complexity index is 425.